The fourth-order valence-corrected chi connectivity index (χ4v) is 4.66. The zero-order chi connectivity index (χ0) is 17.6. The molecule has 128 valence electrons. The number of imidazole rings is 1. The first-order valence-electron chi connectivity index (χ1n) is 8.21. The maximum atomic E-state index is 12.7. The molecule has 0 radical (unpaired) electrons. The van der Waals surface area contributed by atoms with E-state index >= 15 is 0 Å². The van der Waals surface area contributed by atoms with Gasteiger partial charge in [-0.3, -0.25) is 9.59 Å². The minimum atomic E-state index is -0.477. The van der Waals surface area contributed by atoms with Gasteiger partial charge in [0.15, 0.2) is 0 Å². The van der Waals surface area contributed by atoms with Crippen LogP contribution in [0.2, 0.25) is 0 Å². The number of carbonyl (C=O) groups is 2. The summed E-state index contributed by atoms with van der Waals surface area (Å²) in [6.45, 7) is 0. The molecule has 0 unspecified atom stereocenters. The van der Waals surface area contributed by atoms with Crippen LogP contribution in [0.1, 0.15) is 44.0 Å². The van der Waals surface area contributed by atoms with Crippen LogP contribution in [-0.4, -0.2) is 21.4 Å². The van der Waals surface area contributed by atoms with E-state index in [1.54, 1.807) is 18.5 Å². The van der Waals surface area contributed by atoms with Crippen LogP contribution in [0.5, 0.6) is 0 Å². The van der Waals surface area contributed by atoms with Crippen LogP contribution in [0, 0.1) is 0 Å². The van der Waals surface area contributed by atoms with Crippen molar-refractivity contribution in [3.8, 4) is 0 Å². The van der Waals surface area contributed by atoms with E-state index in [4.69, 9.17) is 5.73 Å². The Balaban J connectivity index is 1.68. The van der Waals surface area contributed by atoms with Gasteiger partial charge in [-0.25, -0.2) is 4.98 Å². The summed E-state index contributed by atoms with van der Waals surface area (Å²) in [5, 5.41) is 3.44. The third-order valence-electron chi connectivity index (χ3n) is 4.63. The van der Waals surface area contributed by atoms with Gasteiger partial charge in [0, 0.05) is 17.5 Å². The average molecular weight is 354 g/mol. The summed E-state index contributed by atoms with van der Waals surface area (Å²) in [7, 11) is 1.91. The standard InChI is InChI=1S/C18H18N4O2S/c1-22-9-20-12-8-10(6-7-13(12)22)17(24)21-18-15(16(19)23)11-4-2-3-5-14(11)25-18/h6-9H,2-5H2,1H3,(H2,19,23)(H,21,24). The number of anilines is 1. The van der Waals surface area contributed by atoms with E-state index in [1.807, 2.05) is 17.7 Å². The molecular formula is C18H18N4O2S. The molecule has 7 heteroatoms. The summed E-state index contributed by atoms with van der Waals surface area (Å²) in [5.41, 5.74) is 9.30. The highest BCUT2D eigenvalue weighted by Gasteiger charge is 2.25. The Morgan fingerprint density at radius 1 is 1.28 bits per heavy atom. The quantitative estimate of drug-likeness (QED) is 0.758. The Morgan fingerprint density at radius 2 is 2.08 bits per heavy atom. The number of hydrogen-bond donors (Lipinski definition) is 2. The molecule has 1 aliphatic carbocycles. The minimum Gasteiger partial charge on any atom is -0.365 e. The molecule has 0 fully saturated rings. The number of nitrogens with zero attached hydrogens (tertiary/aromatic N) is 2. The van der Waals surface area contributed by atoms with Gasteiger partial charge in [-0.1, -0.05) is 0 Å². The van der Waals surface area contributed by atoms with Crippen LogP contribution in [0.3, 0.4) is 0 Å². The van der Waals surface area contributed by atoms with Crippen LogP contribution < -0.4 is 11.1 Å². The minimum absolute atomic E-state index is 0.256. The highest BCUT2D eigenvalue weighted by Crippen LogP contribution is 2.38. The van der Waals surface area contributed by atoms with Crippen molar-refractivity contribution in [2.45, 2.75) is 25.7 Å². The van der Waals surface area contributed by atoms with E-state index in [9.17, 15) is 9.59 Å². The van der Waals surface area contributed by atoms with Gasteiger partial charge < -0.3 is 15.6 Å². The van der Waals surface area contributed by atoms with Crippen LogP contribution in [-0.2, 0) is 19.9 Å². The molecule has 0 spiro atoms. The molecule has 0 bridgehead atoms. The van der Waals surface area contributed by atoms with E-state index in [1.165, 1.54) is 11.3 Å². The smallest absolute Gasteiger partial charge is 0.256 e. The first-order valence-corrected chi connectivity index (χ1v) is 9.03. The van der Waals surface area contributed by atoms with Gasteiger partial charge in [0.25, 0.3) is 11.8 Å². The van der Waals surface area contributed by atoms with Crippen molar-refractivity contribution in [3.63, 3.8) is 0 Å². The molecule has 1 aromatic carbocycles. The topological polar surface area (TPSA) is 90.0 Å². The fourth-order valence-electron chi connectivity index (χ4n) is 3.37. The summed E-state index contributed by atoms with van der Waals surface area (Å²) in [6, 6.07) is 5.38. The fraction of sp³-hybridized carbons (Fsp3) is 0.278. The van der Waals surface area contributed by atoms with E-state index in [0.29, 0.717) is 16.1 Å². The Labute approximate surface area is 148 Å². The second-order valence-corrected chi connectivity index (χ2v) is 7.40. The van der Waals surface area contributed by atoms with Gasteiger partial charge in [0.1, 0.15) is 5.00 Å². The van der Waals surface area contributed by atoms with Gasteiger partial charge >= 0.3 is 0 Å². The van der Waals surface area contributed by atoms with Crippen LogP contribution in [0.4, 0.5) is 5.00 Å². The molecule has 3 aromatic rings. The molecule has 0 aliphatic heterocycles. The maximum Gasteiger partial charge on any atom is 0.256 e. The van der Waals surface area contributed by atoms with Gasteiger partial charge in [0.05, 0.1) is 22.9 Å². The Hall–Kier alpha value is -2.67. The third kappa shape index (κ3) is 2.70. The first kappa shape index (κ1) is 15.8. The van der Waals surface area contributed by atoms with E-state index in [-0.39, 0.29) is 5.91 Å². The molecule has 1 aliphatic rings. The van der Waals surface area contributed by atoms with Crippen LogP contribution in [0.15, 0.2) is 24.5 Å². The molecule has 2 aromatic heterocycles. The molecule has 0 saturated carbocycles. The van der Waals surface area contributed by atoms with Gasteiger partial charge in [0.2, 0.25) is 0 Å². The average Bonchev–Trinajstić information content (AvgIpc) is 3.14. The number of aryl methyl sites for hydroxylation is 2. The van der Waals surface area contributed by atoms with Gasteiger partial charge in [-0.15, -0.1) is 11.3 Å². The lowest BCUT2D eigenvalue weighted by Crippen LogP contribution is -2.18. The summed E-state index contributed by atoms with van der Waals surface area (Å²) in [5.74, 6) is -0.733. The number of thiophene rings is 1. The highest BCUT2D eigenvalue weighted by atomic mass is 32.1. The summed E-state index contributed by atoms with van der Waals surface area (Å²) in [6.07, 6.45) is 5.66. The van der Waals surface area contributed by atoms with Crippen molar-refractivity contribution in [2.75, 3.05) is 5.32 Å². The van der Waals surface area contributed by atoms with Crippen molar-refractivity contribution in [2.24, 2.45) is 12.8 Å². The lowest BCUT2D eigenvalue weighted by molar-refractivity contribution is 0.100. The highest BCUT2D eigenvalue weighted by molar-refractivity contribution is 7.17. The molecule has 2 amide bonds. The SMILES string of the molecule is Cn1cnc2cc(C(=O)Nc3sc4c(c3C(N)=O)CCCC4)ccc21. The lowest BCUT2D eigenvalue weighted by atomic mass is 9.95. The summed E-state index contributed by atoms with van der Waals surface area (Å²) in [4.78, 5) is 30.0. The number of fused-ring (bicyclic) bond motifs is 2. The number of carbonyl (C=O) groups excluding carboxylic acids is 2. The number of nitrogens with one attached hydrogen (secondary N) is 1. The first-order chi connectivity index (χ1) is 12.0. The van der Waals surface area contributed by atoms with Crippen molar-refractivity contribution in [1.82, 2.24) is 9.55 Å². The number of rotatable bonds is 3. The second-order valence-electron chi connectivity index (χ2n) is 6.29. The van der Waals surface area contributed by atoms with Crippen molar-refractivity contribution in [1.29, 1.82) is 0 Å². The summed E-state index contributed by atoms with van der Waals surface area (Å²) >= 11 is 1.47. The third-order valence-corrected chi connectivity index (χ3v) is 5.84. The van der Waals surface area contributed by atoms with Gasteiger partial charge in [-0.2, -0.15) is 0 Å². The van der Waals surface area contributed by atoms with Crippen LogP contribution in [0.25, 0.3) is 11.0 Å². The predicted molar refractivity (Wildman–Crippen MR) is 98.1 cm³/mol. The largest absolute Gasteiger partial charge is 0.365 e. The Kier molecular flexibility index (Phi) is 3.80. The lowest BCUT2D eigenvalue weighted by Gasteiger charge is -2.11. The predicted octanol–water partition coefficient (Wildman–Crippen LogP) is 2.86. The summed E-state index contributed by atoms with van der Waals surface area (Å²) < 4.78 is 1.90. The Morgan fingerprint density at radius 3 is 2.88 bits per heavy atom. The van der Waals surface area contributed by atoms with E-state index in [0.717, 1.165) is 47.2 Å². The molecule has 3 N–H and O–H groups in total. The van der Waals surface area contributed by atoms with Crippen molar-refractivity contribution >= 4 is 39.2 Å². The molecular weight excluding hydrogens is 336 g/mol. The van der Waals surface area contributed by atoms with Crippen molar-refractivity contribution in [3.05, 3.63) is 46.1 Å². The van der Waals surface area contributed by atoms with Crippen molar-refractivity contribution < 1.29 is 9.59 Å². The zero-order valence-corrected chi connectivity index (χ0v) is 14.7. The number of benzene rings is 1. The second kappa shape index (κ2) is 6.00. The number of hydrogen-bond acceptors (Lipinski definition) is 4. The number of nitrogens with two attached hydrogens (primary N) is 1. The maximum absolute atomic E-state index is 12.7. The molecule has 2 heterocycles. The van der Waals surface area contributed by atoms with E-state index in [2.05, 4.69) is 10.3 Å². The number of aromatic nitrogens is 2. The van der Waals surface area contributed by atoms with Crippen LogP contribution >= 0.6 is 11.3 Å². The molecule has 0 saturated heterocycles. The number of primary amides is 1. The monoisotopic (exact) mass is 354 g/mol. The number of amides is 2. The van der Waals surface area contributed by atoms with E-state index < -0.39 is 5.91 Å². The van der Waals surface area contributed by atoms with Gasteiger partial charge in [-0.05, 0) is 49.4 Å². The molecule has 4 rings (SSSR count). The molecule has 0 atom stereocenters. The Bertz CT molecular complexity index is 1000. The molecule has 6 nitrogen and oxygen atoms in total. The normalized spacial score (nSPS) is 13.6. The zero-order valence-electron chi connectivity index (χ0n) is 13.8. The molecule has 25 heavy (non-hydrogen) atoms.